The third-order valence-electron chi connectivity index (χ3n) is 6.62. The smallest absolute Gasteiger partial charge is 0.416 e. The molecule has 0 spiro atoms. The number of hydrogen-bond acceptors (Lipinski definition) is 2. The quantitative estimate of drug-likeness (QED) is 0.364. The lowest BCUT2D eigenvalue weighted by molar-refractivity contribution is -0.200. The second-order valence-electron chi connectivity index (χ2n) is 9.72. The first kappa shape index (κ1) is 28.9. The number of carboxylic acid groups (broad SMARTS) is 1. The summed E-state index contributed by atoms with van der Waals surface area (Å²) in [6, 6.07) is 3.99. The van der Waals surface area contributed by atoms with Crippen molar-refractivity contribution in [3.63, 3.8) is 0 Å². The minimum absolute atomic E-state index is 0.0138. The number of likely N-dealkylation sites (tertiary alicyclic amines) is 1. The Balaban J connectivity index is 2.15. The van der Waals surface area contributed by atoms with Crippen molar-refractivity contribution in [3.8, 4) is 11.1 Å². The van der Waals surface area contributed by atoms with Crippen LogP contribution in [-0.4, -0.2) is 34.7 Å². The Hall–Kier alpha value is -2.69. The monoisotopic (exact) mass is 537 g/mol. The maximum atomic E-state index is 14.6. The predicted molar refractivity (Wildman–Crippen MR) is 121 cm³/mol. The number of carbonyl (C=O) groups is 1. The highest BCUT2D eigenvalue weighted by molar-refractivity contribution is 5.79. The Morgan fingerprint density at radius 2 is 1.54 bits per heavy atom. The van der Waals surface area contributed by atoms with E-state index in [-0.39, 0.29) is 48.4 Å². The summed E-state index contributed by atoms with van der Waals surface area (Å²) in [6.07, 6.45) is -8.54. The van der Waals surface area contributed by atoms with Gasteiger partial charge in [0, 0.05) is 11.6 Å². The molecule has 204 valence electrons. The summed E-state index contributed by atoms with van der Waals surface area (Å²) in [5.74, 6) is -6.74. The summed E-state index contributed by atoms with van der Waals surface area (Å²) in [5, 5.41) is 9.10. The van der Waals surface area contributed by atoms with Crippen molar-refractivity contribution in [1.82, 2.24) is 4.90 Å². The van der Waals surface area contributed by atoms with E-state index in [1.165, 1.54) is 11.0 Å². The fourth-order valence-corrected chi connectivity index (χ4v) is 4.65. The third kappa shape index (κ3) is 6.61. The number of halogens is 8. The fourth-order valence-electron chi connectivity index (χ4n) is 4.65. The van der Waals surface area contributed by atoms with Gasteiger partial charge in [0.1, 0.15) is 6.04 Å². The summed E-state index contributed by atoms with van der Waals surface area (Å²) in [5.41, 5.74) is -1.78. The van der Waals surface area contributed by atoms with E-state index in [1.807, 2.05) is 13.8 Å². The van der Waals surface area contributed by atoms with Crippen LogP contribution >= 0.6 is 0 Å². The summed E-state index contributed by atoms with van der Waals surface area (Å²) < 4.78 is 110. The molecule has 1 N–H and O–H groups in total. The number of aliphatic carboxylic acids is 1. The molecule has 1 saturated heterocycles. The summed E-state index contributed by atoms with van der Waals surface area (Å²) in [6.45, 7) is 3.73. The van der Waals surface area contributed by atoms with Gasteiger partial charge in [0.25, 0.3) is 0 Å². The number of benzene rings is 2. The van der Waals surface area contributed by atoms with E-state index in [1.54, 1.807) is 0 Å². The largest absolute Gasteiger partial charge is 0.477 e. The molecule has 1 aliphatic heterocycles. The Morgan fingerprint density at radius 1 is 0.919 bits per heavy atom. The molecule has 0 aliphatic carbocycles. The summed E-state index contributed by atoms with van der Waals surface area (Å²) in [4.78, 5) is 12.5. The van der Waals surface area contributed by atoms with Crippen molar-refractivity contribution >= 4 is 5.97 Å². The van der Waals surface area contributed by atoms with E-state index >= 15 is 0 Å². The molecule has 2 aromatic rings. The van der Waals surface area contributed by atoms with Crippen LogP contribution in [0.15, 0.2) is 42.5 Å². The van der Waals surface area contributed by atoms with E-state index in [9.17, 15) is 39.9 Å². The van der Waals surface area contributed by atoms with Crippen molar-refractivity contribution in [3.05, 3.63) is 59.2 Å². The van der Waals surface area contributed by atoms with E-state index in [4.69, 9.17) is 5.11 Å². The van der Waals surface area contributed by atoms with Crippen LogP contribution in [0.5, 0.6) is 0 Å². The number of hydrogen-bond donors (Lipinski definition) is 1. The van der Waals surface area contributed by atoms with Crippen LogP contribution in [0.1, 0.15) is 62.3 Å². The zero-order chi connectivity index (χ0) is 27.8. The average molecular weight is 537 g/mol. The van der Waals surface area contributed by atoms with Gasteiger partial charge in [-0.05, 0) is 85.2 Å². The molecule has 11 heteroatoms. The van der Waals surface area contributed by atoms with Crippen molar-refractivity contribution in [2.75, 3.05) is 6.54 Å². The molecular weight excluding hydrogens is 510 g/mol. The molecule has 2 unspecified atom stereocenters. The van der Waals surface area contributed by atoms with Crippen molar-refractivity contribution in [1.29, 1.82) is 0 Å². The Kier molecular flexibility index (Phi) is 8.26. The third-order valence-corrected chi connectivity index (χ3v) is 6.62. The van der Waals surface area contributed by atoms with E-state index in [0.717, 1.165) is 36.4 Å². The van der Waals surface area contributed by atoms with Crippen LogP contribution in [0, 0.1) is 5.92 Å². The molecule has 1 heterocycles. The van der Waals surface area contributed by atoms with Crippen LogP contribution in [0.2, 0.25) is 0 Å². The van der Waals surface area contributed by atoms with Crippen LogP contribution in [0.4, 0.5) is 35.1 Å². The van der Waals surface area contributed by atoms with Crippen LogP contribution in [0.3, 0.4) is 0 Å². The van der Waals surface area contributed by atoms with Gasteiger partial charge >= 0.3 is 24.2 Å². The molecule has 0 aromatic heterocycles. The van der Waals surface area contributed by atoms with Gasteiger partial charge < -0.3 is 5.11 Å². The summed E-state index contributed by atoms with van der Waals surface area (Å²) in [7, 11) is 0. The lowest BCUT2D eigenvalue weighted by Gasteiger charge is -2.43. The van der Waals surface area contributed by atoms with Gasteiger partial charge in [0.15, 0.2) is 0 Å². The SMILES string of the molecule is CC(C)CCN1C(c2cc(-c3ccc(C(F)(F)F)cc3)cc(C(F)(F)C(=O)O)c2)CCCC1C(F)(F)F. The van der Waals surface area contributed by atoms with Crippen molar-refractivity contribution < 1.29 is 45.0 Å². The molecule has 0 radical (unpaired) electrons. The molecule has 0 saturated carbocycles. The number of rotatable bonds is 7. The highest BCUT2D eigenvalue weighted by Crippen LogP contribution is 2.43. The number of piperidine rings is 1. The molecule has 1 fully saturated rings. The van der Waals surface area contributed by atoms with Crippen LogP contribution in [0.25, 0.3) is 11.1 Å². The first-order valence-corrected chi connectivity index (χ1v) is 11.8. The fraction of sp³-hybridized carbons (Fsp3) is 0.500. The molecule has 0 bridgehead atoms. The Labute approximate surface area is 209 Å². The molecule has 1 aliphatic rings. The van der Waals surface area contributed by atoms with Gasteiger partial charge in [-0.2, -0.15) is 35.1 Å². The number of carboxylic acids is 1. The molecule has 3 nitrogen and oxygen atoms in total. The first-order valence-electron chi connectivity index (χ1n) is 11.8. The maximum Gasteiger partial charge on any atom is 0.416 e. The zero-order valence-corrected chi connectivity index (χ0v) is 20.1. The summed E-state index contributed by atoms with van der Waals surface area (Å²) >= 11 is 0. The van der Waals surface area contributed by atoms with Crippen molar-refractivity contribution in [2.24, 2.45) is 5.92 Å². The number of nitrogens with zero attached hydrogens (tertiary/aromatic N) is 1. The van der Waals surface area contributed by atoms with E-state index in [2.05, 4.69) is 0 Å². The molecule has 0 amide bonds. The molecular formula is C26H27F8NO2. The highest BCUT2D eigenvalue weighted by Gasteiger charge is 2.48. The molecule has 3 rings (SSSR count). The van der Waals surface area contributed by atoms with Crippen LogP contribution < -0.4 is 0 Å². The normalized spacial score (nSPS) is 19.9. The molecule has 2 atom stereocenters. The molecule has 37 heavy (non-hydrogen) atoms. The number of alkyl halides is 8. The van der Waals surface area contributed by atoms with Crippen LogP contribution in [-0.2, 0) is 16.9 Å². The van der Waals surface area contributed by atoms with Gasteiger partial charge in [0.2, 0.25) is 0 Å². The second kappa shape index (κ2) is 10.6. The lowest BCUT2D eigenvalue weighted by atomic mass is 9.86. The lowest BCUT2D eigenvalue weighted by Crippen LogP contribution is -2.50. The maximum absolute atomic E-state index is 14.6. The minimum atomic E-state index is -4.63. The van der Waals surface area contributed by atoms with Gasteiger partial charge in [0.05, 0.1) is 5.56 Å². The van der Waals surface area contributed by atoms with Crippen molar-refractivity contribution in [2.45, 2.75) is 69.9 Å². The van der Waals surface area contributed by atoms with E-state index < -0.39 is 47.5 Å². The predicted octanol–water partition coefficient (Wildman–Crippen LogP) is 8.05. The topological polar surface area (TPSA) is 40.5 Å². The molecule has 2 aromatic carbocycles. The van der Waals surface area contributed by atoms with E-state index in [0.29, 0.717) is 6.42 Å². The van der Waals surface area contributed by atoms with Gasteiger partial charge in [-0.25, -0.2) is 4.79 Å². The zero-order valence-electron chi connectivity index (χ0n) is 20.1. The van der Waals surface area contributed by atoms with Gasteiger partial charge in [-0.15, -0.1) is 0 Å². The minimum Gasteiger partial charge on any atom is -0.477 e. The Morgan fingerprint density at radius 3 is 2.05 bits per heavy atom. The van der Waals surface area contributed by atoms with Gasteiger partial charge in [-0.3, -0.25) is 4.90 Å². The first-order chi connectivity index (χ1) is 17.0. The standard InChI is InChI=1S/C26H27F8NO2/c1-15(2)10-11-35-21(4-3-5-22(35)26(32,33)34)18-12-17(13-20(14-18)24(27,28)23(36)37)16-6-8-19(9-7-16)25(29,30)31/h6-9,12-15,21-22H,3-5,10-11H2,1-2H3,(H,36,37). The highest BCUT2D eigenvalue weighted by atomic mass is 19.4. The van der Waals surface area contributed by atoms with Gasteiger partial charge in [-0.1, -0.05) is 26.0 Å². The Bertz CT molecular complexity index is 1090. The second-order valence-corrected chi connectivity index (χ2v) is 9.72. The average Bonchev–Trinajstić information content (AvgIpc) is 2.81.